The van der Waals surface area contributed by atoms with E-state index in [0.29, 0.717) is 21.3 Å². The molecule has 31 heavy (non-hydrogen) atoms. The van der Waals surface area contributed by atoms with Crippen molar-refractivity contribution in [1.82, 2.24) is 14.9 Å². The third-order valence-electron chi connectivity index (χ3n) is 4.94. The number of amides is 4. The summed E-state index contributed by atoms with van der Waals surface area (Å²) in [5.74, 6) is -1.47. The summed E-state index contributed by atoms with van der Waals surface area (Å²) < 4.78 is 1.90. The van der Waals surface area contributed by atoms with Crippen molar-refractivity contribution < 1.29 is 14.4 Å². The number of imide groups is 2. The van der Waals surface area contributed by atoms with Crippen molar-refractivity contribution in [1.29, 1.82) is 0 Å². The number of anilines is 1. The lowest BCUT2D eigenvalue weighted by molar-refractivity contribution is -0.122. The number of nitrogens with one attached hydrogen (secondary N) is 1. The molecule has 0 saturated carbocycles. The third-order valence-corrected chi connectivity index (χ3v) is 5.48. The van der Waals surface area contributed by atoms with Gasteiger partial charge in [0.2, 0.25) is 0 Å². The maximum absolute atomic E-state index is 13.0. The molecule has 156 valence electrons. The van der Waals surface area contributed by atoms with E-state index < -0.39 is 17.8 Å². The Morgan fingerprint density at radius 1 is 1.00 bits per heavy atom. The van der Waals surface area contributed by atoms with Gasteiger partial charge in [0.15, 0.2) is 0 Å². The van der Waals surface area contributed by atoms with E-state index >= 15 is 0 Å². The number of aryl methyl sites for hydroxylation is 1. The van der Waals surface area contributed by atoms with Gasteiger partial charge in [0, 0.05) is 28.8 Å². The van der Waals surface area contributed by atoms with Crippen molar-refractivity contribution in [2.75, 3.05) is 4.90 Å². The summed E-state index contributed by atoms with van der Waals surface area (Å²) in [5, 5.41) is 3.20. The van der Waals surface area contributed by atoms with Gasteiger partial charge in [-0.2, -0.15) is 0 Å². The van der Waals surface area contributed by atoms with Gasteiger partial charge >= 0.3 is 6.03 Å². The zero-order valence-corrected chi connectivity index (χ0v) is 18.0. The predicted molar refractivity (Wildman–Crippen MR) is 119 cm³/mol. The minimum Gasteiger partial charge on any atom is -0.316 e. The summed E-state index contributed by atoms with van der Waals surface area (Å²) in [6.07, 6.45) is 4.39. The molecule has 1 N–H and O–H groups in total. The Balaban J connectivity index is 1.78. The van der Waals surface area contributed by atoms with Gasteiger partial charge in [0.05, 0.1) is 16.4 Å². The maximum Gasteiger partial charge on any atom is 0.335 e. The SMILES string of the molecule is Cc1cc(/C=C2\C(=O)NC(=O)N(c3ccncc3)C2=O)c(C)n1-c1ccc(Cl)cc1Cl. The van der Waals surface area contributed by atoms with Crippen LogP contribution in [0.2, 0.25) is 10.0 Å². The predicted octanol–water partition coefficient (Wildman–Crippen LogP) is 4.46. The van der Waals surface area contributed by atoms with E-state index in [0.717, 1.165) is 22.0 Å². The van der Waals surface area contributed by atoms with E-state index in [1.54, 1.807) is 18.2 Å². The van der Waals surface area contributed by atoms with Crippen LogP contribution in [0.15, 0.2) is 54.4 Å². The molecule has 3 heterocycles. The van der Waals surface area contributed by atoms with Gasteiger partial charge in [-0.25, -0.2) is 9.69 Å². The number of urea groups is 1. The minimum atomic E-state index is -0.809. The molecule has 0 aliphatic carbocycles. The highest BCUT2D eigenvalue weighted by molar-refractivity contribution is 6.39. The van der Waals surface area contributed by atoms with Crippen molar-refractivity contribution in [3.8, 4) is 5.69 Å². The number of rotatable bonds is 3. The monoisotopic (exact) mass is 454 g/mol. The highest BCUT2D eigenvalue weighted by Crippen LogP contribution is 2.30. The first kappa shape index (κ1) is 20.8. The molecule has 0 unspecified atom stereocenters. The second-order valence-corrected chi connectivity index (χ2v) is 7.76. The highest BCUT2D eigenvalue weighted by Gasteiger charge is 2.37. The van der Waals surface area contributed by atoms with Crippen LogP contribution >= 0.6 is 23.2 Å². The molecule has 2 aromatic heterocycles. The smallest absolute Gasteiger partial charge is 0.316 e. The van der Waals surface area contributed by atoms with Crippen molar-refractivity contribution in [2.24, 2.45) is 0 Å². The van der Waals surface area contributed by atoms with Crippen LogP contribution in [-0.2, 0) is 9.59 Å². The van der Waals surface area contributed by atoms with Gasteiger partial charge in [0.1, 0.15) is 5.57 Å². The Kier molecular flexibility index (Phi) is 5.39. The van der Waals surface area contributed by atoms with Crippen LogP contribution in [0.25, 0.3) is 11.8 Å². The van der Waals surface area contributed by atoms with Gasteiger partial charge in [-0.05, 0) is 61.9 Å². The lowest BCUT2D eigenvalue weighted by atomic mass is 10.1. The van der Waals surface area contributed by atoms with Gasteiger partial charge in [-0.1, -0.05) is 23.2 Å². The second-order valence-electron chi connectivity index (χ2n) is 6.92. The van der Waals surface area contributed by atoms with Crippen molar-refractivity contribution in [2.45, 2.75) is 13.8 Å². The molecule has 0 spiro atoms. The third kappa shape index (κ3) is 3.73. The Morgan fingerprint density at radius 2 is 1.71 bits per heavy atom. The van der Waals surface area contributed by atoms with E-state index in [2.05, 4.69) is 10.3 Å². The van der Waals surface area contributed by atoms with Crippen LogP contribution in [0.5, 0.6) is 0 Å². The Morgan fingerprint density at radius 3 is 2.39 bits per heavy atom. The molecule has 4 rings (SSSR count). The molecule has 0 bridgehead atoms. The van der Waals surface area contributed by atoms with E-state index in [-0.39, 0.29) is 5.57 Å². The largest absolute Gasteiger partial charge is 0.335 e. The fourth-order valence-electron chi connectivity index (χ4n) is 3.51. The molecule has 3 aromatic rings. The summed E-state index contributed by atoms with van der Waals surface area (Å²) in [7, 11) is 0. The average molecular weight is 455 g/mol. The zero-order chi connectivity index (χ0) is 22.3. The number of hydrogen-bond acceptors (Lipinski definition) is 4. The summed E-state index contributed by atoms with van der Waals surface area (Å²) in [6, 6.07) is 9.22. The Bertz CT molecular complexity index is 1270. The molecule has 1 aromatic carbocycles. The molecule has 4 amide bonds. The molecule has 1 fully saturated rings. The number of nitrogens with zero attached hydrogens (tertiary/aromatic N) is 3. The second kappa shape index (κ2) is 8.02. The number of benzene rings is 1. The summed E-state index contributed by atoms with van der Waals surface area (Å²) >= 11 is 12.4. The van der Waals surface area contributed by atoms with Crippen LogP contribution in [0.4, 0.5) is 10.5 Å². The first-order chi connectivity index (χ1) is 14.8. The van der Waals surface area contributed by atoms with E-state index in [1.807, 2.05) is 24.5 Å². The summed E-state index contributed by atoms with van der Waals surface area (Å²) in [6.45, 7) is 3.73. The van der Waals surface area contributed by atoms with E-state index in [9.17, 15) is 14.4 Å². The van der Waals surface area contributed by atoms with Crippen LogP contribution in [0, 0.1) is 13.8 Å². The fraction of sp³-hybridized carbons (Fsp3) is 0.0909. The molecule has 9 heteroatoms. The van der Waals surface area contributed by atoms with E-state index in [1.165, 1.54) is 30.6 Å². The number of pyridine rings is 1. The van der Waals surface area contributed by atoms with E-state index in [4.69, 9.17) is 23.2 Å². The van der Waals surface area contributed by atoms with Crippen LogP contribution in [0.1, 0.15) is 17.0 Å². The number of aromatic nitrogens is 2. The summed E-state index contributed by atoms with van der Waals surface area (Å²) in [4.78, 5) is 42.6. The van der Waals surface area contributed by atoms with Gasteiger partial charge < -0.3 is 4.57 Å². The topological polar surface area (TPSA) is 84.3 Å². The van der Waals surface area contributed by atoms with Gasteiger partial charge in [0.25, 0.3) is 11.8 Å². The molecule has 1 aliphatic rings. The minimum absolute atomic E-state index is 0.154. The normalized spacial score (nSPS) is 15.5. The first-order valence-corrected chi connectivity index (χ1v) is 9.99. The van der Waals surface area contributed by atoms with Crippen molar-refractivity contribution in [3.63, 3.8) is 0 Å². The average Bonchev–Trinajstić information content (AvgIpc) is 2.99. The molecule has 0 atom stereocenters. The number of barbiturate groups is 1. The number of carbonyl (C=O) groups excluding carboxylic acids is 3. The Hall–Kier alpha value is -3.42. The standard InChI is InChI=1S/C22H16Cl2N4O3/c1-12-9-14(13(2)27(12)19-4-3-15(23)11-18(19)24)10-17-20(29)26-22(31)28(21(17)30)16-5-7-25-8-6-16/h3-11H,1-2H3,(H,26,29,31)/b17-10+. The van der Waals surface area contributed by atoms with Gasteiger partial charge in [-0.15, -0.1) is 0 Å². The maximum atomic E-state index is 13.0. The molecule has 0 radical (unpaired) electrons. The molecular formula is C22H16Cl2N4O3. The van der Waals surface area contributed by atoms with Crippen molar-refractivity contribution in [3.05, 3.63) is 81.4 Å². The number of hydrogen-bond donors (Lipinski definition) is 1. The molecule has 1 aliphatic heterocycles. The lowest BCUT2D eigenvalue weighted by Crippen LogP contribution is -2.54. The Labute approximate surface area is 187 Å². The van der Waals surface area contributed by atoms with Gasteiger partial charge in [-0.3, -0.25) is 19.9 Å². The summed E-state index contributed by atoms with van der Waals surface area (Å²) in [5.41, 5.74) is 3.14. The quantitative estimate of drug-likeness (QED) is 0.467. The van der Waals surface area contributed by atoms with Crippen molar-refractivity contribution >= 4 is 52.8 Å². The highest BCUT2D eigenvalue weighted by atomic mass is 35.5. The number of carbonyl (C=O) groups is 3. The van der Waals surface area contributed by atoms with Crippen LogP contribution in [0.3, 0.4) is 0 Å². The zero-order valence-electron chi connectivity index (χ0n) is 16.5. The molecule has 1 saturated heterocycles. The fourth-order valence-corrected chi connectivity index (χ4v) is 4.00. The number of halogens is 2. The van der Waals surface area contributed by atoms with Crippen LogP contribution in [-0.4, -0.2) is 27.4 Å². The lowest BCUT2D eigenvalue weighted by Gasteiger charge is -2.26. The van der Waals surface area contributed by atoms with Crippen LogP contribution < -0.4 is 10.2 Å². The molecule has 7 nitrogen and oxygen atoms in total. The molecular weight excluding hydrogens is 439 g/mol. The first-order valence-electron chi connectivity index (χ1n) is 9.24.